The van der Waals surface area contributed by atoms with Gasteiger partial charge in [-0.3, -0.25) is 4.79 Å². The zero-order chi connectivity index (χ0) is 15.4. The normalized spacial score (nSPS) is 17.4. The number of hydrogen-bond acceptors (Lipinski definition) is 2. The molecule has 23 heavy (non-hydrogen) atoms. The lowest BCUT2D eigenvalue weighted by Gasteiger charge is -2.32. The number of nitrogens with one attached hydrogen (secondary N) is 1. The van der Waals surface area contributed by atoms with Crippen molar-refractivity contribution in [1.29, 1.82) is 0 Å². The number of rotatable bonds is 3. The molecule has 1 aliphatic rings. The highest BCUT2D eigenvalue weighted by atomic mass is 35.5. The molecule has 2 aromatic rings. The first-order chi connectivity index (χ1) is 10.7. The van der Waals surface area contributed by atoms with E-state index in [4.69, 9.17) is 0 Å². The van der Waals surface area contributed by atoms with Crippen molar-refractivity contribution >= 4 is 18.3 Å². The Balaban J connectivity index is 0.00000192. The van der Waals surface area contributed by atoms with Gasteiger partial charge in [-0.05, 0) is 23.6 Å². The fourth-order valence-corrected chi connectivity index (χ4v) is 2.89. The molecule has 4 heteroatoms. The molecule has 0 aromatic heterocycles. The van der Waals surface area contributed by atoms with Gasteiger partial charge in [-0.25, -0.2) is 0 Å². The molecule has 1 amide bonds. The van der Waals surface area contributed by atoms with Crippen LogP contribution in [0.15, 0.2) is 54.6 Å². The summed E-state index contributed by atoms with van der Waals surface area (Å²) in [5, 5.41) is 3.36. The molecule has 0 aliphatic carbocycles. The van der Waals surface area contributed by atoms with Crippen LogP contribution in [0.1, 0.15) is 12.5 Å². The van der Waals surface area contributed by atoms with E-state index >= 15 is 0 Å². The first-order valence-electron chi connectivity index (χ1n) is 7.88. The predicted molar refractivity (Wildman–Crippen MR) is 96.9 cm³/mol. The summed E-state index contributed by atoms with van der Waals surface area (Å²) in [6.45, 7) is 4.63. The van der Waals surface area contributed by atoms with Crippen LogP contribution >= 0.6 is 12.4 Å². The average Bonchev–Trinajstić information content (AvgIpc) is 2.56. The molecule has 3 nitrogen and oxygen atoms in total. The number of piperazine rings is 1. The summed E-state index contributed by atoms with van der Waals surface area (Å²) >= 11 is 0. The Labute approximate surface area is 144 Å². The maximum Gasteiger partial charge on any atom is 0.227 e. The van der Waals surface area contributed by atoms with Gasteiger partial charge < -0.3 is 10.2 Å². The van der Waals surface area contributed by atoms with Crippen LogP contribution in [0, 0.1) is 0 Å². The minimum absolute atomic E-state index is 0. The van der Waals surface area contributed by atoms with Crippen molar-refractivity contribution in [2.75, 3.05) is 19.6 Å². The molecule has 1 unspecified atom stereocenters. The molecule has 122 valence electrons. The van der Waals surface area contributed by atoms with Gasteiger partial charge in [0.1, 0.15) is 0 Å². The molecule has 0 radical (unpaired) electrons. The van der Waals surface area contributed by atoms with Gasteiger partial charge in [-0.2, -0.15) is 0 Å². The van der Waals surface area contributed by atoms with E-state index in [9.17, 15) is 4.79 Å². The molecule has 2 aromatic carbocycles. The number of amides is 1. The average molecular weight is 331 g/mol. The summed E-state index contributed by atoms with van der Waals surface area (Å²) in [7, 11) is 0. The maximum absolute atomic E-state index is 12.4. The van der Waals surface area contributed by atoms with Crippen LogP contribution in [-0.4, -0.2) is 36.5 Å². The summed E-state index contributed by atoms with van der Waals surface area (Å²) in [6.07, 6.45) is 0.488. The van der Waals surface area contributed by atoms with Crippen molar-refractivity contribution in [2.45, 2.75) is 19.4 Å². The molecule has 1 fully saturated rings. The summed E-state index contributed by atoms with van der Waals surface area (Å²) in [4.78, 5) is 14.3. The monoisotopic (exact) mass is 330 g/mol. The van der Waals surface area contributed by atoms with Gasteiger partial charge in [-0.15, -0.1) is 12.4 Å². The number of hydrogen-bond donors (Lipinski definition) is 1. The number of carbonyl (C=O) groups excluding carboxylic acids is 1. The number of halogens is 1. The van der Waals surface area contributed by atoms with Crippen molar-refractivity contribution in [3.63, 3.8) is 0 Å². The lowest BCUT2D eigenvalue weighted by molar-refractivity contribution is -0.131. The second kappa shape index (κ2) is 8.14. The Bertz CT molecular complexity index is 628. The Hall–Kier alpha value is -1.84. The summed E-state index contributed by atoms with van der Waals surface area (Å²) in [5.41, 5.74) is 3.47. The molecule has 0 bridgehead atoms. The molecule has 1 heterocycles. The molecule has 0 saturated carbocycles. The Morgan fingerprint density at radius 1 is 1.09 bits per heavy atom. The Morgan fingerprint density at radius 3 is 2.39 bits per heavy atom. The maximum atomic E-state index is 12.4. The van der Waals surface area contributed by atoms with Crippen LogP contribution < -0.4 is 5.32 Å². The van der Waals surface area contributed by atoms with Gasteiger partial charge in [0.15, 0.2) is 0 Å². The molecule has 1 aliphatic heterocycles. The molecule has 3 rings (SSSR count). The summed E-state index contributed by atoms with van der Waals surface area (Å²) in [5.74, 6) is 0.223. The van der Waals surface area contributed by atoms with Gasteiger partial charge in [-0.1, -0.05) is 54.6 Å². The first kappa shape index (κ1) is 17.5. The highest BCUT2D eigenvalue weighted by Crippen LogP contribution is 2.19. The van der Waals surface area contributed by atoms with Crippen LogP contribution in [0.4, 0.5) is 0 Å². The number of carbonyl (C=O) groups is 1. The largest absolute Gasteiger partial charge is 0.340 e. The fraction of sp³-hybridized carbons (Fsp3) is 0.316. The van der Waals surface area contributed by atoms with E-state index in [0.717, 1.165) is 25.2 Å². The predicted octanol–water partition coefficient (Wildman–Crippen LogP) is 3.14. The molecular formula is C19H23ClN2O. The lowest BCUT2D eigenvalue weighted by atomic mass is 10.0. The Morgan fingerprint density at radius 2 is 1.74 bits per heavy atom. The minimum atomic E-state index is 0. The summed E-state index contributed by atoms with van der Waals surface area (Å²) < 4.78 is 0. The Kier molecular flexibility index (Phi) is 6.20. The zero-order valence-electron chi connectivity index (χ0n) is 13.4. The van der Waals surface area contributed by atoms with Crippen molar-refractivity contribution in [3.8, 4) is 11.1 Å². The molecule has 1 N–H and O–H groups in total. The van der Waals surface area contributed by atoms with E-state index in [1.54, 1.807) is 0 Å². The van der Waals surface area contributed by atoms with Crippen molar-refractivity contribution in [3.05, 3.63) is 60.2 Å². The van der Waals surface area contributed by atoms with E-state index in [1.807, 2.05) is 23.1 Å². The van der Waals surface area contributed by atoms with Crippen LogP contribution in [-0.2, 0) is 11.2 Å². The van der Waals surface area contributed by atoms with Gasteiger partial charge in [0.05, 0.1) is 6.42 Å². The van der Waals surface area contributed by atoms with Crippen molar-refractivity contribution in [1.82, 2.24) is 10.2 Å². The molecule has 0 spiro atoms. The van der Waals surface area contributed by atoms with Crippen LogP contribution in [0.25, 0.3) is 11.1 Å². The third kappa shape index (κ3) is 4.57. The highest BCUT2D eigenvalue weighted by molar-refractivity contribution is 5.85. The lowest BCUT2D eigenvalue weighted by Crippen LogP contribution is -2.51. The second-order valence-corrected chi connectivity index (χ2v) is 5.93. The molecule has 1 saturated heterocycles. The standard InChI is InChI=1S/C19H22N2O.ClH/c1-15-14-21(12-11-20-15)19(22)13-16-7-9-18(10-8-16)17-5-3-2-4-6-17;/h2-10,15,20H,11-14H2,1H3;1H. The van der Waals surface area contributed by atoms with Crippen molar-refractivity contribution in [2.24, 2.45) is 0 Å². The smallest absolute Gasteiger partial charge is 0.227 e. The molecular weight excluding hydrogens is 308 g/mol. The van der Waals surface area contributed by atoms with Gasteiger partial charge in [0.25, 0.3) is 0 Å². The first-order valence-corrected chi connectivity index (χ1v) is 7.88. The summed E-state index contributed by atoms with van der Waals surface area (Å²) in [6, 6.07) is 19.0. The highest BCUT2D eigenvalue weighted by Gasteiger charge is 2.20. The number of benzene rings is 2. The van der Waals surface area contributed by atoms with Crippen LogP contribution in [0.3, 0.4) is 0 Å². The van der Waals surface area contributed by atoms with E-state index < -0.39 is 0 Å². The third-order valence-corrected chi connectivity index (χ3v) is 4.14. The molecule has 1 atom stereocenters. The topological polar surface area (TPSA) is 32.3 Å². The minimum Gasteiger partial charge on any atom is -0.340 e. The van der Waals surface area contributed by atoms with Gasteiger partial charge in [0.2, 0.25) is 5.91 Å². The van der Waals surface area contributed by atoms with Crippen LogP contribution in [0.5, 0.6) is 0 Å². The van der Waals surface area contributed by atoms with E-state index in [2.05, 4.69) is 48.6 Å². The SMILES string of the molecule is CC1CN(C(=O)Cc2ccc(-c3ccccc3)cc2)CCN1.Cl. The van der Waals surface area contributed by atoms with E-state index in [1.165, 1.54) is 11.1 Å². The van der Waals surface area contributed by atoms with E-state index in [-0.39, 0.29) is 18.3 Å². The van der Waals surface area contributed by atoms with Gasteiger partial charge >= 0.3 is 0 Å². The van der Waals surface area contributed by atoms with Crippen LogP contribution in [0.2, 0.25) is 0 Å². The quantitative estimate of drug-likeness (QED) is 0.937. The van der Waals surface area contributed by atoms with Crippen molar-refractivity contribution < 1.29 is 4.79 Å². The van der Waals surface area contributed by atoms with Gasteiger partial charge in [0, 0.05) is 25.7 Å². The zero-order valence-corrected chi connectivity index (χ0v) is 14.2. The van der Waals surface area contributed by atoms with E-state index in [0.29, 0.717) is 12.5 Å². The fourth-order valence-electron chi connectivity index (χ4n) is 2.89. The third-order valence-electron chi connectivity index (χ3n) is 4.14. The second-order valence-electron chi connectivity index (χ2n) is 5.93. The number of nitrogens with zero attached hydrogens (tertiary/aromatic N) is 1.